The predicted molar refractivity (Wildman–Crippen MR) is 121 cm³/mol. The molecule has 0 amide bonds. The van der Waals surface area contributed by atoms with Gasteiger partial charge in [-0.2, -0.15) is 0 Å². The highest BCUT2D eigenvalue weighted by Crippen LogP contribution is 2.42. The third-order valence-electron chi connectivity index (χ3n) is 6.34. The molecule has 0 saturated heterocycles. The second kappa shape index (κ2) is 8.39. The standard InChI is InChI=1S/C25H34OSi/c1-19(20(2)21(3)22(4)26)18-27(25(5,6)7,23-14-10-8-11-15-23)24-16-12-9-13-17-24/h8-17,20-21H,1,18H2,2-7H3. The van der Waals surface area contributed by atoms with Gasteiger partial charge in [-0.05, 0) is 23.9 Å². The van der Waals surface area contributed by atoms with Gasteiger partial charge in [0.25, 0.3) is 0 Å². The predicted octanol–water partition coefficient (Wildman–Crippen LogP) is 5.47. The van der Waals surface area contributed by atoms with Crippen LogP contribution in [0.25, 0.3) is 0 Å². The van der Waals surface area contributed by atoms with Crippen LogP contribution in [0.1, 0.15) is 41.5 Å². The summed E-state index contributed by atoms with van der Waals surface area (Å²) in [6.45, 7) is 17.5. The Kier molecular flexibility index (Phi) is 6.64. The molecule has 0 heterocycles. The SMILES string of the molecule is C=C(C[Si](c1ccccc1)(c1ccccc1)C(C)(C)C)C(C)C(C)C(C)=O. The van der Waals surface area contributed by atoms with Gasteiger partial charge in [0.05, 0.1) is 0 Å². The van der Waals surface area contributed by atoms with Gasteiger partial charge in [0, 0.05) is 5.92 Å². The molecule has 0 aliphatic heterocycles. The molecule has 0 fully saturated rings. The molecule has 0 spiro atoms. The van der Waals surface area contributed by atoms with Gasteiger partial charge in [0.2, 0.25) is 0 Å². The summed E-state index contributed by atoms with van der Waals surface area (Å²) in [4.78, 5) is 12.0. The summed E-state index contributed by atoms with van der Waals surface area (Å²) in [6, 6.07) is 22.9. The number of carbonyl (C=O) groups excluding carboxylic acids is 1. The lowest BCUT2D eigenvalue weighted by Gasteiger charge is -2.45. The summed E-state index contributed by atoms with van der Waals surface area (Å²) in [5.41, 5.74) is 1.20. The summed E-state index contributed by atoms with van der Waals surface area (Å²) in [5, 5.41) is 2.98. The smallest absolute Gasteiger partial charge is 0.133 e. The van der Waals surface area contributed by atoms with Crippen LogP contribution >= 0.6 is 0 Å². The number of ketones is 1. The Morgan fingerprint density at radius 2 is 1.30 bits per heavy atom. The third kappa shape index (κ3) is 4.32. The molecule has 0 N–H and O–H groups in total. The number of carbonyl (C=O) groups is 1. The second-order valence-electron chi connectivity index (χ2n) is 8.91. The van der Waals surface area contributed by atoms with Crippen LogP contribution in [-0.4, -0.2) is 13.9 Å². The average molecular weight is 379 g/mol. The van der Waals surface area contributed by atoms with E-state index in [2.05, 4.69) is 94.9 Å². The number of rotatable bonds is 7. The molecule has 2 unspecified atom stereocenters. The van der Waals surface area contributed by atoms with E-state index in [4.69, 9.17) is 0 Å². The minimum atomic E-state index is -2.17. The number of Topliss-reactive ketones (excluding diaryl/α,β-unsaturated/α-hetero) is 1. The van der Waals surface area contributed by atoms with Crippen LogP contribution < -0.4 is 10.4 Å². The average Bonchev–Trinajstić information content (AvgIpc) is 2.65. The molecule has 27 heavy (non-hydrogen) atoms. The van der Waals surface area contributed by atoms with Crippen molar-refractivity contribution in [2.45, 2.75) is 52.6 Å². The summed E-state index contributed by atoms with van der Waals surface area (Å²) in [6.07, 6.45) is 0. The quantitative estimate of drug-likeness (QED) is 0.461. The van der Waals surface area contributed by atoms with Crippen LogP contribution in [0, 0.1) is 11.8 Å². The highest BCUT2D eigenvalue weighted by atomic mass is 28.3. The lowest BCUT2D eigenvalue weighted by atomic mass is 9.88. The third-order valence-corrected chi connectivity index (χ3v) is 12.5. The zero-order valence-electron chi connectivity index (χ0n) is 17.8. The Balaban J connectivity index is 2.63. The number of benzene rings is 2. The lowest BCUT2D eigenvalue weighted by Crippen LogP contribution is -2.64. The van der Waals surface area contributed by atoms with Crippen LogP contribution in [-0.2, 0) is 4.79 Å². The van der Waals surface area contributed by atoms with Gasteiger partial charge in [0.1, 0.15) is 13.9 Å². The fraction of sp³-hybridized carbons (Fsp3) is 0.400. The minimum absolute atomic E-state index is 0.00992. The molecule has 0 saturated carbocycles. The van der Waals surface area contributed by atoms with Crippen molar-refractivity contribution >= 4 is 24.2 Å². The summed E-state index contributed by atoms with van der Waals surface area (Å²) >= 11 is 0. The molecule has 2 heteroatoms. The second-order valence-corrected chi connectivity index (χ2v) is 13.7. The van der Waals surface area contributed by atoms with Crippen molar-refractivity contribution in [1.82, 2.24) is 0 Å². The van der Waals surface area contributed by atoms with Crippen LogP contribution in [0.3, 0.4) is 0 Å². The van der Waals surface area contributed by atoms with Gasteiger partial charge in [0.15, 0.2) is 0 Å². The molecule has 1 nitrogen and oxygen atoms in total. The Morgan fingerprint density at radius 1 is 0.889 bits per heavy atom. The molecule has 0 aromatic heterocycles. The molecule has 2 rings (SSSR count). The van der Waals surface area contributed by atoms with E-state index in [1.165, 1.54) is 15.9 Å². The van der Waals surface area contributed by atoms with Crippen molar-refractivity contribution in [1.29, 1.82) is 0 Å². The fourth-order valence-corrected chi connectivity index (χ4v) is 9.68. The first-order valence-corrected chi connectivity index (χ1v) is 12.1. The molecule has 0 radical (unpaired) electrons. The van der Waals surface area contributed by atoms with Gasteiger partial charge in [-0.25, -0.2) is 0 Å². The molecule has 2 atom stereocenters. The summed E-state index contributed by atoms with van der Waals surface area (Å²) in [5.74, 6) is 0.436. The molecular formula is C25H34OSi. The highest BCUT2D eigenvalue weighted by Gasteiger charge is 2.48. The Bertz CT molecular complexity index is 731. The molecule has 2 aromatic rings. The van der Waals surface area contributed by atoms with E-state index in [1.807, 2.05) is 6.92 Å². The van der Waals surface area contributed by atoms with Crippen molar-refractivity contribution in [3.63, 3.8) is 0 Å². The van der Waals surface area contributed by atoms with Gasteiger partial charge in [-0.15, -0.1) is 0 Å². The topological polar surface area (TPSA) is 17.1 Å². The number of hydrogen-bond donors (Lipinski definition) is 0. The summed E-state index contributed by atoms with van der Waals surface area (Å²) in [7, 11) is -2.17. The summed E-state index contributed by atoms with van der Waals surface area (Å²) < 4.78 is 0. The van der Waals surface area contributed by atoms with Crippen molar-refractivity contribution in [3.8, 4) is 0 Å². The van der Waals surface area contributed by atoms with E-state index in [0.717, 1.165) is 6.04 Å². The number of allylic oxidation sites excluding steroid dienone is 1. The zero-order valence-corrected chi connectivity index (χ0v) is 18.8. The van der Waals surface area contributed by atoms with Crippen molar-refractivity contribution in [2.24, 2.45) is 11.8 Å². The molecule has 0 aliphatic rings. The van der Waals surface area contributed by atoms with Gasteiger partial charge >= 0.3 is 0 Å². The van der Waals surface area contributed by atoms with Gasteiger partial charge < -0.3 is 0 Å². The van der Waals surface area contributed by atoms with Gasteiger partial charge in [-0.1, -0.05) is 118 Å². The van der Waals surface area contributed by atoms with Crippen LogP contribution in [0.4, 0.5) is 0 Å². The first kappa shape index (κ1) is 21.4. The number of hydrogen-bond acceptors (Lipinski definition) is 1. The van der Waals surface area contributed by atoms with E-state index in [9.17, 15) is 4.79 Å². The highest BCUT2D eigenvalue weighted by molar-refractivity contribution is 7.04. The molecule has 0 bridgehead atoms. The Morgan fingerprint density at radius 3 is 1.63 bits per heavy atom. The largest absolute Gasteiger partial charge is 0.300 e. The maximum absolute atomic E-state index is 12.0. The molecule has 144 valence electrons. The van der Waals surface area contributed by atoms with E-state index >= 15 is 0 Å². The maximum atomic E-state index is 12.0. The van der Waals surface area contributed by atoms with Gasteiger partial charge in [-0.3, -0.25) is 4.79 Å². The normalized spacial score (nSPS) is 14.4. The molecular weight excluding hydrogens is 344 g/mol. The van der Waals surface area contributed by atoms with E-state index in [1.54, 1.807) is 6.92 Å². The molecule has 0 aliphatic carbocycles. The first-order chi connectivity index (χ1) is 12.6. The first-order valence-electron chi connectivity index (χ1n) is 9.90. The van der Waals surface area contributed by atoms with Crippen molar-refractivity contribution in [3.05, 3.63) is 72.8 Å². The molecule has 2 aromatic carbocycles. The van der Waals surface area contributed by atoms with Crippen LogP contribution in [0.15, 0.2) is 72.8 Å². The van der Waals surface area contributed by atoms with Crippen molar-refractivity contribution in [2.75, 3.05) is 0 Å². The lowest BCUT2D eigenvalue weighted by molar-refractivity contribution is -0.121. The van der Waals surface area contributed by atoms with Crippen LogP contribution in [0.2, 0.25) is 11.1 Å². The van der Waals surface area contributed by atoms with E-state index in [-0.39, 0.29) is 22.7 Å². The zero-order chi connectivity index (χ0) is 20.2. The fourth-order valence-electron chi connectivity index (χ4n) is 4.15. The Hall–Kier alpha value is -1.93. The van der Waals surface area contributed by atoms with E-state index in [0.29, 0.717) is 0 Å². The maximum Gasteiger partial charge on any atom is 0.133 e. The van der Waals surface area contributed by atoms with E-state index < -0.39 is 8.07 Å². The minimum Gasteiger partial charge on any atom is -0.300 e. The van der Waals surface area contributed by atoms with Crippen molar-refractivity contribution < 1.29 is 4.79 Å². The van der Waals surface area contributed by atoms with Crippen LogP contribution in [0.5, 0.6) is 0 Å². The monoisotopic (exact) mass is 378 g/mol. The Labute approximate surface area is 166 Å².